The smallest absolute Gasteiger partial charge is 0.324 e. The highest BCUT2D eigenvalue weighted by atomic mass is 19.4. The molecule has 0 aliphatic heterocycles. The van der Waals surface area contributed by atoms with Crippen molar-refractivity contribution in [3.63, 3.8) is 0 Å². The Morgan fingerprint density at radius 1 is 1.10 bits per heavy atom. The first-order valence-electron chi connectivity index (χ1n) is 8.54. The van der Waals surface area contributed by atoms with Crippen LogP contribution in [0.5, 0.6) is 0 Å². The van der Waals surface area contributed by atoms with Gasteiger partial charge in [0, 0.05) is 16.8 Å². The fourth-order valence-corrected chi connectivity index (χ4v) is 2.51. The molecule has 10 heteroatoms. The Kier molecular flexibility index (Phi) is 5.44. The molecule has 0 aliphatic rings. The first kappa shape index (κ1) is 20.2. The number of carbonyl (C=O) groups is 2. The molecule has 1 unspecified atom stereocenters. The van der Waals surface area contributed by atoms with Crippen LogP contribution in [-0.4, -0.2) is 31.9 Å². The Balaban J connectivity index is 1.77. The normalized spacial score (nSPS) is 12.4. The molecule has 1 N–H and O–H groups in total. The maximum absolute atomic E-state index is 12.9. The van der Waals surface area contributed by atoms with E-state index in [1.165, 1.54) is 32.0 Å². The van der Waals surface area contributed by atoms with Gasteiger partial charge in [0.25, 0.3) is 5.91 Å². The molecule has 0 saturated carbocycles. The zero-order chi connectivity index (χ0) is 21.2. The molecule has 2 aromatic carbocycles. The van der Waals surface area contributed by atoms with E-state index in [0.29, 0.717) is 11.3 Å². The second-order valence-electron chi connectivity index (χ2n) is 6.31. The van der Waals surface area contributed by atoms with Crippen LogP contribution >= 0.6 is 0 Å². The number of alkyl halides is 3. The van der Waals surface area contributed by atoms with Crippen LogP contribution in [0.2, 0.25) is 0 Å². The van der Waals surface area contributed by atoms with Crippen molar-refractivity contribution in [1.82, 2.24) is 20.2 Å². The highest BCUT2D eigenvalue weighted by Gasteiger charge is 2.31. The number of nitrogens with one attached hydrogen (secondary N) is 1. The Hall–Kier alpha value is -3.56. The molecule has 3 rings (SSSR count). The number of aromatic nitrogens is 4. The van der Waals surface area contributed by atoms with Crippen LogP contribution < -0.4 is 5.32 Å². The van der Waals surface area contributed by atoms with Gasteiger partial charge in [-0.1, -0.05) is 24.3 Å². The van der Waals surface area contributed by atoms with Crippen molar-refractivity contribution >= 4 is 17.4 Å². The van der Waals surface area contributed by atoms with Gasteiger partial charge in [-0.05, 0) is 43.3 Å². The Morgan fingerprint density at radius 2 is 1.83 bits per heavy atom. The number of hydrogen-bond acceptors (Lipinski definition) is 5. The van der Waals surface area contributed by atoms with Gasteiger partial charge in [-0.2, -0.15) is 18.0 Å². The number of ketones is 1. The van der Waals surface area contributed by atoms with Crippen LogP contribution in [-0.2, 0) is 11.0 Å². The number of hydrogen-bond donors (Lipinski definition) is 1. The first-order chi connectivity index (χ1) is 13.6. The van der Waals surface area contributed by atoms with Gasteiger partial charge in [-0.3, -0.25) is 9.59 Å². The Labute approximate surface area is 163 Å². The van der Waals surface area contributed by atoms with Crippen LogP contribution in [0.1, 0.15) is 35.8 Å². The lowest BCUT2D eigenvalue weighted by molar-refractivity contribution is -0.137. The number of tetrazole rings is 1. The molecule has 1 amide bonds. The Bertz CT molecular complexity index is 1060. The lowest BCUT2D eigenvalue weighted by Gasteiger charge is -2.11. The topological polar surface area (TPSA) is 89.8 Å². The first-order valence-corrected chi connectivity index (χ1v) is 8.54. The zero-order valence-electron chi connectivity index (χ0n) is 15.4. The molecule has 0 aliphatic carbocycles. The van der Waals surface area contributed by atoms with Gasteiger partial charge in [0.15, 0.2) is 5.78 Å². The van der Waals surface area contributed by atoms with Gasteiger partial charge >= 0.3 is 6.18 Å². The third-order valence-corrected chi connectivity index (χ3v) is 4.14. The summed E-state index contributed by atoms with van der Waals surface area (Å²) in [7, 11) is 0. The van der Waals surface area contributed by atoms with Gasteiger partial charge in [0.2, 0.25) is 5.82 Å². The fraction of sp³-hybridized carbons (Fsp3) is 0.211. The van der Waals surface area contributed by atoms with Crippen LogP contribution in [0.25, 0.3) is 11.4 Å². The largest absolute Gasteiger partial charge is 0.416 e. The van der Waals surface area contributed by atoms with Crippen LogP contribution in [0, 0.1) is 0 Å². The van der Waals surface area contributed by atoms with Crippen molar-refractivity contribution in [1.29, 1.82) is 0 Å². The zero-order valence-corrected chi connectivity index (χ0v) is 15.4. The van der Waals surface area contributed by atoms with E-state index in [-0.39, 0.29) is 17.2 Å². The molecule has 1 atom stereocenters. The lowest BCUT2D eigenvalue weighted by Crippen LogP contribution is -2.25. The predicted molar refractivity (Wildman–Crippen MR) is 98.0 cm³/mol. The maximum Gasteiger partial charge on any atom is 0.416 e. The summed E-state index contributed by atoms with van der Waals surface area (Å²) >= 11 is 0. The minimum atomic E-state index is -4.49. The summed E-state index contributed by atoms with van der Waals surface area (Å²) in [6.07, 6.45) is -4.49. The molecule has 0 saturated heterocycles. The van der Waals surface area contributed by atoms with E-state index >= 15 is 0 Å². The highest BCUT2D eigenvalue weighted by Crippen LogP contribution is 2.31. The molecule has 3 aromatic rings. The standard InChI is InChI=1S/C19H16F3N5O2/c1-11(18(29)23-16-8-4-5-13(10-16)12(2)28)27-25-17(24-26-27)14-6-3-7-15(9-14)19(20,21)22/h3-11H,1-2H3,(H,23,29). The SMILES string of the molecule is CC(=O)c1cccc(NC(=O)C(C)n2nnc(-c3cccc(C(F)(F)F)c3)n2)c1. The molecular formula is C19H16F3N5O2. The maximum atomic E-state index is 12.9. The summed E-state index contributed by atoms with van der Waals surface area (Å²) in [5.41, 5.74) is 0.171. The predicted octanol–water partition coefficient (Wildman–Crippen LogP) is 3.76. The average molecular weight is 403 g/mol. The van der Waals surface area contributed by atoms with Crippen LogP contribution in [0.3, 0.4) is 0 Å². The van der Waals surface area contributed by atoms with E-state index in [1.54, 1.807) is 18.2 Å². The Morgan fingerprint density at radius 3 is 2.52 bits per heavy atom. The van der Waals surface area contributed by atoms with Crippen molar-refractivity contribution in [3.8, 4) is 11.4 Å². The molecule has 0 fully saturated rings. The average Bonchev–Trinajstić information content (AvgIpc) is 3.17. The van der Waals surface area contributed by atoms with Crippen LogP contribution in [0.15, 0.2) is 48.5 Å². The summed E-state index contributed by atoms with van der Waals surface area (Å²) in [5.74, 6) is -0.647. The minimum Gasteiger partial charge on any atom is -0.324 e. The van der Waals surface area contributed by atoms with Crippen LogP contribution in [0.4, 0.5) is 18.9 Å². The number of carbonyl (C=O) groups excluding carboxylic acids is 2. The van der Waals surface area contributed by atoms with Gasteiger partial charge in [0.1, 0.15) is 6.04 Å². The number of amides is 1. The molecule has 0 spiro atoms. The molecule has 29 heavy (non-hydrogen) atoms. The van der Waals surface area contributed by atoms with Crippen molar-refractivity contribution in [2.75, 3.05) is 5.32 Å². The third kappa shape index (κ3) is 4.65. The van der Waals surface area contributed by atoms with Crippen molar-refractivity contribution in [2.45, 2.75) is 26.1 Å². The van der Waals surface area contributed by atoms with Crippen molar-refractivity contribution in [3.05, 3.63) is 59.7 Å². The number of benzene rings is 2. The molecular weight excluding hydrogens is 387 g/mol. The van der Waals surface area contributed by atoms with Crippen molar-refractivity contribution in [2.24, 2.45) is 0 Å². The monoisotopic (exact) mass is 403 g/mol. The number of halogens is 3. The van der Waals surface area contributed by atoms with E-state index in [4.69, 9.17) is 0 Å². The summed E-state index contributed by atoms with van der Waals surface area (Å²) < 4.78 is 38.6. The van der Waals surface area contributed by atoms with Crippen molar-refractivity contribution < 1.29 is 22.8 Å². The third-order valence-electron chi connectivity index (χ3n) is 4.14. The molecule has 1 heterocycles. The second kappa shape index (κ2) is 7.82. The molecule has 1 aromatic heterocycles. The van der Waals surface area contributed by atoms with Gasteiger partial charge in [-0.15, -0.1) is 10.2 Å². The number of anilines is 1. The summed E-state index contributed by atoms with van der Waals surface area (Å²) in [6.45, 7) is 2.93. The lowest BCUT2D eigenvalue weighted by atomic mass is 10.1. The minimum absolute atomic E-state index is 0.0330. The van der Waals surface area contributed by atoms with E-state index in [1.807, 2.05) is 0 Å². The van der Waals surface area contributed by atoms with Gasteiger partial charge in [-0.25, -0.2) is 0 Å². The fourth-order valence-electron chi connectivity index (χ4n) is 2.51. The summed E-state index contributed by atoms with van der Waals surface area (Å²) in [5, 5.41) is 14.2. The van der Waals surface area contributed by atoms with E-state index < -0.39 is 23.7 Å². The number of Topliss-reactive ketones (excluding diaryl/α,β-unsaturated/α-hetero) is 1. The number of rotatable bonds is 5. The highest BCUT2D eigenvalue weighted by molar-refractivity contribution is 5.97. The van der Waals surface area contributed by atoms with E-state index in [0.717, 1.165) is 16.9 Å². The molecule has 150 valence electrons. The quantitative estimate of drug-likeness (QED) is 0.655. The molecule has 0 radical (unpaired) electrons. The summed E-state index contributed by atoms with van der Waals surface area (Å²) in [6, 6.07) is 10.1. The molecule has 7 nitrogen and oxygen atoms in total. The van der Waals surface area contributed by atoms with Gasteiger partial charge < -0.3 is 5.32 Å². The second-order valence-corrected chi connectivity index (χ2v) is 6.31. The van der Waals surface area contributed by atoms with E-state index in [2.05, 4.69) is 20.7 Å². The molecule has 0 bridgehead atoms. The summed E-state index contributed by atoms with van der Waals surface area (Å²) in [4.78, 5) is 24.9. The number of nitrogens with zero attached hydrogens (tertiary/aromatic N) is 4. The van der Waals surface area contributed by atoms with Gasteiger partial charge in [0.05, 0.1) is 5.56 Å². The van der Waals surface area contributed by atoms with E-state index in [9.17, 15) is 22.8 Å².